The Kier molecular flexibility index (Phi) is 6.13. The van der Waals surface area contributed by atoms with E-state index in [2.05, 4.69) is 20.7 Å². The molecule has 0 atom stereocenters. The van der Waals surface area contributed by atoms with Crippen LogP contribution in [0.1, 0.15) is 32.3 Å². The van der Waals surface area contributed by atoms with Crippen molar-refractivity contribution in [3.63, 3.8) is 0 Å². The molecule has 1 heterocycles. The second kappa shape index (κ2) is 8.73. The lowest BCUT2D eigenvalue weighted by Gasteiger charge is -2.26. The average Bonchev–Trinajstić information content (AvgIpc) is 3.16. The van der Waals surface area contributed by atoms with Crippen molar-refractivity contribution in [2.45, 2.75) is 38.6 Å². The maximum Gasteiger partial charge on any atom is 0.220 e. The molecule has 1 N–H and O–H groups in total. The first kappa shape index (κ1) is 19.7. The van der Waals surface area contributed by atoms with Crippen LogP contribution in [-0.4, -0.2) is 32.7 Å². The molecule has 0 radical (unpaired) electrons. The third kappa shape index (κ3) is 5.00. The number of rotatable bonds is 8. The molecule has 1 amide bonds. The number of nitrogens with one attached hydrogen (secondary N) is 1. The Bertz CT molecular complexity index is 923. The summed E-state index contributed by atoms with van der Waals surface area (Å²) in [7, 11) is 0. The summed E-state index contributed by atoms with van der Waals surface area (Å²) in [5.41, 5.74) is 1.01. The molecule has 0 saturated carbocycles. The Balaban J connectivity index is 1.45. The molecule has 3 aromatic rings. The standard InChI is InChI=1S/C21H24FN5O/c1-21(2,17-11-6-7-12-18(17)22)15-23-19(28)13-8-14-27-25-20(24-26-27)16-9-4-3-5-10-16/h3-7,9-12H,8,13-15H2,1-2H3,(H,23,28). The predicted molar refractivity (Wildman–Crippen MR) is 105 cm³/mol. The van der Waals surface area contributed by atoms with E-state index >= 15 is 0 Å². The maximum atomic E-state index is 14.0. The van der Waals surface area contributed by atoms with E-state index in [0.717, 1.165) is 5.56 Å². The van der Waals surface area contributed by atoms with E-state index in [4.69, 9.17) is 0 Å². The van der Waals surface area contributed by atoms with Crippen LogP contribution < -0.4 is 5.32 Å². The van der Waals surface area contributed by atoms with E-state index in [1.165, 1.54) is 10.9 Å². The van der Waals surface area contributed by atoms with Crippen molar-refractivity contribution in [3.05, 3.63) is 66.0 Å². The molecule has 7 heteroatoms. The van der Waals surface area contributed by atoms with Crippen molar-refractivity contribution in [1.82, 2.24) is 25.5 Å². The number of carbonyl (C=O) groups is 1. The highest BCUT2D eigenvalue weighted by atomic mass is 19.1. The molecule has 2 aromatic carbocycles. The molecule has 0 bridgehead atoms. The first-order chi connectivity index (χ1) is 13.5. The molecule has 28 heavy (non-hydrogen) atoms. The van der Waals surface area contributed by atoms with Gasteiger partial charge in [-0.3, -0.25) is 4.79 Å². The fraction of sp³-hybridized carbons (Fsp3) is 0.333. The van der Waals surface area contributed by atoms with E-state index < -0.39 is 5.41 Å². The zero-order valence-corrected chi connectivity index (χ0v) is 16.1. The van der Waals surface area contributed by atoms with Gasteiger partial charge in [0.1, 0.15) is 5.82 Å². The van der Waals surface area contributed by atoms with Gasteiger partial charge < -0.3 is 5.32 Å². The molecule has 146 valence electrons. The summed E-state index contributed by atoms with van der Waals surface area (Å²) in [6.45, 7) is 4.70. The minimum absolute atomic E-state index is 0.0761. The summed E-state index contributed by atoms with van der Waals surface area (Å²) in [4.78, 5) is 13.7. The Hall–Kier alpha value is -3.09. The second-order valence-electron chi connectivity index (χ2n) is 7.32. The van der Waals surface area contributed by atoms with E-state index in [-0.39, 0.29) is 11.7 Å². The average molecular weight is 381 g/mol. The zero-order chi connectivity index (χ0) is 20.0. The van der Waals surface area contributed by atoms with Crippen LogP contribution in [0.15, 0.2) is 54.6 Å². The van der Waals surface area contributed by atoms with Gasteiger partial charge in [0, 0.05) is 23.9 Å². The fourth-order valence-electron chi connectivity index (χ4n) is 2.94. The largest absolute Gasteiger partial charge is 0.355 e. The Morgan fingerprint density at radius 2 is 1.82 bits per heavy atom. The van der Waals surface area contributed by atoms with Gasteiger partial charge in [0.25, 0.3) is 0 Å². The lowest BCUT2D eigenvalue weighted by atomic mass is 9.84. The predicted octanol–water partition coefficient (Wildman–Crippen LogP) is 3.35. The number of carbonyl (C=O) groups excluding carboxylic acids is 1. The van der Waals surface area contributed by atoms with Crippen LogP contribution in [0.5, 0.6) is 0 Å². The van der Waals surface area contributed by atoms with Crippen LogP contribution in [0.3, 0.4) is 0 Å². The molecule has 0 fully saturated rings. The molecule has 0 aliphatic carbocycles. The lowest BCUT2D eigenvalue weighted by molar-refractivity contribution is -0.121. The summed E-state index contributed by atoms with van der Waals surface area (Å²) in [6, 6.07) is 16.3. The van der Waals surface area contributed by atoms with Gasteiger partial charge in [-0.25, -0.2) is 4.39 Å². The molecule has 0 saturated heterocycles. The number of halogens is 1. The molecule has 6 nitrogen and oxygen atoms in total. The molecular weight excluding hydrogens is 357 g/mol. The van der Waals surface area contributed by atoms with Gasteiger partial charge in [-0.1, -0.05) is 62.4 Å². The van der Waals surface area contributed by atoms with Gasteiger partial charge in [-0.2, -0.15) is 4.80 Å². The topological polar surface area (TPSA) is 72.7 Å². The second-order valence-corrected chi connectivity index (χ2v) is 7.32. The van der Waals surface area contributed by atoms with Crippen LogP contribution in [0.25, 0.3) is 11.4 Å². The van der Waals surface area contributed by atoms with Crippen LogP contribution >= 0.6 is 0 Å². The third-order valence-electron chi connectivity index (χ3n) is 4.58. The highest BCUT2D eigenvalue weighted by Gasteiger charge is 2.24. The summed E-state index contributed by atoms with van der Waals surface area (Å²) >= 11 is 0. The smallest absolute Gasteiger partial charge is 0.220 e. The third-order valence-corrected chi connectivity index (χ3v) is 4.58. The van der Waals surface area contributed by atoms with Gasteiger partial charge in [-0.15, -0.1) is 10.2 Å². The van der Waals surface area contributed by atoms with Crippen molar-refractivity contribution in [2.24, 2.45) is 0 Å². The number of benzene rings is 2. The van der Waals surface area contributed by atoms with Gasteiger partial charge in [0.05, 0.1) is 6.54 Å². The molecular formula is C21H24FN5O. The number of aryl methyl sites for hydroxylation is 1. The Labute approximate surface area is 163 Å². The fourth-order valence-corrected chi connectivity index (χ4v) is 2.94. The van der Waals surface area contributed by atoms with E-state index in [1.807, 2.05) is 44.2 Å². The van der Waals surface area contributed by atoms with Crippen molar-refractivity contribution < 1.29 is 9.18 Å². The Morgan fingerprint density at radius 1 is 1.11 bits per heavy atom. The van der Waals surface area contributed by atoms with Gasteiger partial charge in [0.15, 0.2) is 0 Å². The van der Waals surface area contributed by atoms with Crippen molar-refractivity contribution in [3.8, 4) is 11.4 Å². The minimum Gasteiger partial charge on any atom is -0.355 e. The quantitative estimate of drug-likeness (QED) is 0.649. The summed E-state index contributed by atoms with van der Waals surface area (Å²) in [5, 5.41) is 15.3. The van der Waals surface area contributed by atoms with Crippen molar-refractivity contribution in [2.75, 3.05) is 6.54 Å². The van der Waals surface area contributed by atoms with E-state index in [9.17, 15) is 9.18 Å². The number of hydrogen-bond acceptors (Lipinski definition) is 4. The Morgan fingerprint density at radius 3 is 2.57 bits per heavy atom. The molecule has 1 aromatic heterocycles. The normalized spacial score (nSPS) is 11.4. The van der Waals surface area contributed by atoms with Gasteiger partial charge in [0.2, 0.25) is 11.7 Å². The molecule has 0 spiro atoms. The molecule has 0 aliphatic heterocycles. The van der Waals surface area contributed by atoms with Gasteiger partial charge >= 0.3 is 0 Å². The first-order valence-corrected chi connectivity index (χ1v) is 9.31. The number of hydrogen-bond donors (Lipinski definition) is 1. The number of aromatic nitrogens is 4. The summed E-state index contributed by atoms with van der Waals surface area (Å²) in [5.74, 6) is 0.234. The van der Waals surface area contributed by atoms with E-state index in [1.54, 1.807) is 18.2 Å². The SMILES string of the molecule is CC(C)(CNC(=O)CCCn1nnc(-c2ccccc2)n1)c1ccccc1F. The maximum absolute atomic E-state index is 14.0. The van der Waals surface area contributed by atoms with Crippen LogP contribution in [0.2, 0.25) is 0 Å². The highest BCUT2D eigenvalue weighted by Crippen LogP contribution is 2.24. The molecule has 0 aliphatic rings. The molecule has 3 rings (SSSR count). The minimum atomic E-state index is -0.487. The highest BCUT2D eigenvalue weighted by molar-refractivity contribution is 5.75. The lowest BCUT2D eigenvalue weighted by Crippen LogP contribution is -2.37. The van der Waals surface area contributed by atoms with Crippen LogP contribution in [0.4, 0.5) is 4.39 Å². The molecule has 0 unspecified atom stereocenters. The summed E-state index contributed by atoms with van der Waals surface area (Å²) in [6.07, 6.45) is 0.937. The number of tetrazole rings is 1. The number of nitrogens with zero attached hydrogens (tertiary/aromatic N) is 4. The van der Waals surface area contributed by atoms with Crippen LogP contribution in [-0.2, 0) is 16.8 Å². The van der Waals surface area contributed by atoms with Crippen LogP contribution in [0, 0.1) is 5.82 Å². The first-order valence-electron chi connectivity index (χ1n) is 9.31. The monoisotopic (exact) mass is 381 g/mol. The number of amides is 1. The van der Waals surface area contributed by atoms with E-state index in [0.29, 0.717) is 37.3 Å². The summed E-state index contributed by atoms with van der Waals surface area (Å²) < 4.78 is 14.0. The van der Waals surface area contributed by atoms with Crippen molar-refractivity contribution in [1.29, 1.82) is 0 Å². The zero-order valence-electron chi connectivity index (χ0n) is 16.1. The van der Waals surface area contributed by atoms with Gasteiger partial charge in [-0.05, 0) is 23.3 Å². The van der Waals surface area contributed by atoms with Crippen molar-refractivity contribution >= 4 is 5.91 Å².